The first kappa shape index (κ1) is 20.9. The number of hydrogen-bond donors (Lipinski definition) is 0. The molecule has 0 aromatic heterocycles. The van der Waals surface area contributed by atoms with Crippen LogP contribution in [-0.4, -0.2) is 20.3 Å². The van der Waals surface area contributed by atoms with Gasteiger partial charge in [0.15, 0.2) is 23.2 Å². The second kappa shape index (κ2) is 9.84. The number of rotatable bonds is 10. The fraction of sp³-hybridized carbons (Fsp3) is 0.294. The number of allylic oxidation sites excluding steroid dienone is 6. The Hall–Kier alpha value is -2.08. The highest BCUT2D eigenvalue weighted by molar-refractivity contribution is 5.53. The van der Waals surface area contributed by atoms with Crippen LogP contribution in [0.3, 0.4) is 0 Å². The molecule has 0 fully saturated rings. The predicted molar refractivity (Wildman–Crippen MR) is 83.2 cm³/mol. The van der Waals surface area contributed by atoms with Crippen LogP contribution >= 0.6 is 0 Å². The molecule has 2 nitrogen and oxygen atoms in total. The van der Waals surface area contributed by atoms with Gasteiger partial charge in [0.25, 0.3) is 0 Å². The topological polar surface area (TPSA) is 18.5 Å². The summed E-state index contributed by atoms with van der Waals surface area (Å²) in [5, 5.41) is 0. The third-order valence-corrected chi connectivity index (χ3v) is 2.76. The van der Waals surface area contributed by atoms with Gasteiger partial charge >= 0.3 is 0 Å². The second-order valence-corrected chi connectivity index (χ2v) is 4.42. The highest BCUT2D eigenvalue weighted by Gasteiger charge is 2.21. The highest BCUT2D eigenvalue weighted by Crippen LogP contribution is 2.33. The Labute approximate surface area is 133 Å². The van der Waals surface area contributed by atoms with Crippen molar-refractivity contribution >= 4 is 0 Å². The predicted octanol–water partition coefficient (Wildman–Crippen LogP) is 5.54. The molecule has 0 aliphatic carbocycles. The summed E-state index contributed by atoms with van der Waals surface area (Å²) in [6, 6.07) is 0. The summed E-state index contributed by atoms with van der Waals surface area (Å²) in [6.45, 7) is 14.6. The van der Waals surface area contributed by atoms with Gasteiger partial charge in [-0.1, -0.05) is 26.3 Å². The zero-order chi connectivity index (χ0) is 18.2. The lowest BCUT2D eigenvalue weighted by Gasteiger charge is -2.10. The minimum atomic E-state index is -1.53. The van der Waals surface area contributed by atoms with Crippen LogP contribution < -0.4 is 0 Å². The third kappa shape index (κ3) is 5.90. The lowest BCUT2D eigenvalue weighted by Crippen LogP contribution is -1.99. The molecular formula is C17H20F4O2. The fourth-order valence-electron chi connectivity index (χ4n) is 1.38. The van der Waals surface area contributed by atoms with Crippen LogP contribution in [0.1, 0.15) is 13.3 Å². The van der Waals surface area contributed by atoms with E-state index in [9.17, 15) is 17.6 Å². The van der Waals surface area contributed by atoms with Crippen LogP contribution in [0.15, 0.2) is 72.1 Å². The molecule has 0 atom stereocenters. The maximum Gasteiger partial charge on any atom is 0.200 e. The smallest absolute Gasteiger partial charge is 0.200 e. The molecule has 0 aromatic rings. The van der Waals surface area contributed by atoms with E-state index in [1.807, 2.05) is 0 Å². The van der Waals surface area contributed by atoms with Crippen molar-refractivity contribution in [2.45, 2.75) is 13.3 Å². The first-order valence-electron chi connectivity index (χ1n) is 6.67. The van der Waals surface area contributed by atoms with Gasteiger partial charge in [0, 0.05) is 18.3 Å². The Morgan fingerprint density at radius 3 is 1.74 bits per heavy atom. The van der Waals surface area contributed by atoms with Crippen molar-refractivity contribution in [3.8, 4) is 0 Å². The zero-order valence-electron chi connectivity index (χ0n) is 13.3. The van der Waals surface area contributed by atoms with E-state index in [2.05, 4.69) is 26.3 Å². The van der Waals surface area contributed by atoms with Gasteiger partial charge in [-0.05, 0) is 18.9 Å². The summed E-state index contributed by atoms with van der Waals surface area (Å²) in [5.41, 5.74) is -1.68. The second-order valence-electron chi connectivity index (χ2n) is 4.42. The van der Waals surface area contributed by atoms with Crippen molar-refractivity contribution in [1.82, 2.24) is 0 Å². The molecule has 0 aromatic carbocycles. The molecule has 0 saturated carbocycles. The van der Waals surface area contributed by atoms with Crippen LogP contribution in [0.4, 0.5) is 17.6 Å². The van der Waals surface area contributed by atoms with Crippen molar-refractivity contribution in [1.29, 1.82) is 0 Å². The molecule has 0 aliphatic rings. The van der Waals surface area contributed by atoms with Gasteiger partial charge in [0.2, 0.25) is 5.83 Å². The molecule has 23 heavy (non-hydrogen) atoms. The minimum absolute atomic E-state index is 0.0311. The fourth-order valence-corrected chi connectivity index (χ4v) is 1.38. The summed E-state index contributed by atoms with van der Waals surface area (Å²) in [7, 11) is 1.39. The minimum Gasteiger partial charge on any atom is -0.491 e. The van der Waals surface area contributed by atoms with Crippen LogP contribution in [0.2, 0.25) is 0 Å². The number of methoxy groups -OCH3 is 1. The molecule has 0 rings (SSSR count). The number of halogens is 4. The normalized spacial score (nSPS) is 13.0. The van der Waals surface area contributed by atoms with E-state index in [-0.39, 0.29) is 25.2 Å². The number of hydrogen-bond acceptors (Lipinski definition) is 2. The van der Waals surface area contributed by atoms with Gasteiger partial charge in [-0.25, -0.2) is 13.2 Å². The molecule has 0 spiro atoms. The molecule has 0 amide bonds. The van der Waals surface area contributed by atoms with Crippen molar-refractivity contribution in [2.75, 3.05) is 20.3 Å². The molecule has 6 heteroatoms. The first-order valence-corrected chi connectivity index (χ1v) is 6.67. The van der Waals surface area contributed by atoms with Gasteiger partial charge in [-0.3, -0.25) is 0 Å². The van der Waals surface area contributed by atoms with Crippen LogP contribution in [0, 0.1) is 0 Å². The van der Waals surface area contributed by atoms with Gasteiger partial charge in [-0.2, -0.15) is 4.39 Å². The monoisotopic (exact) mass is 332 g/mol. The van der Waals surface area contributed by atoms with Crippen molar-refractivity contribution in [2.24, 2.45) is 0 Å². The Morgan fingerprint density at radius 1 is 0.826 bits per heavy atom. The van der Waals surface area contributed by atoms with E-state index in [4.69, 9.17) is 9.47 Å². The van der Waals surface area contributed by atoms with Crippen molar-refractivity contribution in [3.63, 3.8) is 0 Å². The van der Waals surface area contributed by atoms with E-state index in [0.717, 1.165) is 0 Å². The first-order chi connectivity index (χ1) is 10.7. The quantitative estimate of drug-likeness (QED) is 0.297. The van der Waals surface area contributed by atoms with Crippen LogP contribution in [0.25, 0.3) is 0 Å². The van der Waals surface area contributed by atoms with Crippen molar-refractivity contribution < 1.29 is 27.0 Å². The van der Waals surface area contributed by atoms with Gasteiger partial charge in [0.05, 0.1) is 13.2 Å². The average molecular weight is 332 g/mol. The van der Waals surface area contributed by atoms with Gasteiger partial charge in [-0.15, -0.1) is 0 Å². The van der Waals surface area contributed by atoms with Crippen LogP contribution in [-0.2, 0) is 9.47 Å². The Balaban J connectivity index is 5.36. The number of ether oxygens (including phenoxy) is 2. The van der Waals surface area contributed by atoms with E-state index >= 15 is 0 Å². The Bertz CT molecular complexity index is 571. The molecule has 0 saturated heterocycles. The molecule has 0 unspecified atom stereocenters. The molecule has 0 radical (unpaired) electrons. The van der Waals surface area contributed by atoms with Gasteiger partial charge < -0.3 is 9.47 Å². The summed E-state index contributed by atoms with van der Waals surface area (Å²) < 4.78 is 64.8. The standard InChI is InChI=1S/C17H20F4O2/c1-7-23-13(5)17(21)16(20)12(4)11(3)15(19)14(18)10(2)8-9-22-6/h2-5,7-9H2,1,6H3/b15-14-,17-16-. The van der Waals surface area contributed by atoms with E-state index < -0.39 is 40.2 Å². The highest BCUT2D eigenvalue weighted by atomic mass is 19.2. The maximum atomic E-state index is 14.0. The lowest BCUT2D eigenvalue weighted by molar-refractivity contribution is 0.202. The largest absolute Gasteiger partial charge is 0.491 e. The summed E-state index contributed by atoms with van der Waals surface area (Å²) in [4.78, 5) is 0. The molecule has 0 N–H and O–H groups in total. The molecule has 0 heterocycles. The van der Waals surface area contributed by atoms with E-state index in [1.165, 1.54) is 7.11 Å². The average Bonchev–Trinajstić information content (AvgIpc) is 2.55. The third-order valence-electron chi connectivity index (χ3n) is 2.76. The summed E-state index contributed by atoms with van der Waals surface area (Å²) in [5.74, 6) is -6.34. The maximum absolute atomic E-state index is 14.0. The summed E-state index contributed by atoms with van der Waals surface area (Å²) in [6.07, 6.45) is 0.0311. The molecule has 0 aliphatic heterocycles. The van der Waals surface area contributed by atoms with Crippen LogP contribution in [0.5, 0.6) is 0 Å². The zero-order valence-corrected chi connectivity index (χ0v) is 13.3. The Kier molecular flexibility index (Phi) is 8.95. The lowest BCUT2D eigenvalue weighted by atomic mass is 10.0. The van der Waals surface area contributed by atoms with Crippen molar-refractivity contribution in [3.05, 3.63) is 72.1 Å². The molecule has 128 valence electrons. The van der Waals surface area contributed by atoms with E-state index in [1.54, 1.807) is 6.92 Å². The SMILES string of the molecule is C=C(CCOC)/C(F)=C(/F)C(=C)C(=C)/C(F)=C(/F)C(=C)OCC. The van der Waals surface area contributed by atoms with E-state index in [0.29, 0.717) is 0 Å². The summed E-state index contributed by atoms with van der Waals surface area (Å²) >= 11 is 0. The Morgan fingerprint density at radius 2 is 1.30 bits per heavy atom. The molecule has 0 bridgehead atoms. The molecular weight excluding hydrogens is 312 g/mol. The van der Waals surface area contributed by atoms with Gasteiger partial charge in [0.1, 0.15) is 0 Å².